The third-order valence-electron chi connectivity index (χ3n) is 10.3. The predicted molar refractivity (Wildman–Crippen MR) is 209 cm³/mol. The molecule has 0 aliphatic rings. The summed E-state index contributed by atoms with van der Waals surface area (Å²) < 4.78 is 0. The van der Waals surface area contributed by atoms with Gasteiger partial charge in [0.25, 0.3) is 0 Å². The Balaban J connectivity index is 0.00000600. The van der Waals surface area contributed by atoms with Gasteiger partial charge in [-0.3, -0.25) is 0 Å². The zero-order valence-electron chi connectivity index (χ0n) is 33.1. The molecular formula is C45H63Cl3SiTi. The Morgan fingerprint density at radius 2 is 0.760 bits per heavy atom. The van der Waals surface area contributed by atoms with Gasteiger partial charge in [-0.2, -0.15) is 11.6 Å². The number of aryl methyl sites for hydroxylation is 1. The number of benzene rings is 3. The van der Waals surface area contributed by atoms with Gasteiger partial charge in [-0.1, -0.05) is 179 Å². The van der Waals surface area contributed by atoms with E-state index < -0.39 is 8.07 Å². The minimum Gasteiger partial charge on any atom is -1.00 e. The molecule has 0 radical (unpaired) electrons. The molecule has 0 nitrogen and oxygen atoms in total. The molecule has 0 fully saturated rings. The minimum absolute atomic E-state index is 0. The van der Waals surface area contributed by atoms with Gasteiger partial charge in [0.2, 0.25) is 0 Å². The van der Waals surface area contributed by atoms with Crippen LogP contribution in [0.5, 0.6) is 0 Å². The molecule has 272 valence electrons. The van der Waals surface area contributed by atoms with Crippen LogP contribution in [0.2, 0.25) is 0 Å². The molecule has 0 aliphatic carbocycles. The van der Waals surface area contributed by atoms with Gasteiger partial charge in [0.15, 0.2) is 0 Å². The molecule has 0 aliphatic heterocycles. The first-order chi connectivity index (χ1) is 21.7. The van der Waals surface area contributed by atoms with E-state index in [2.05, 4.69) is 163 Å². The summed E-state index contributed by atoms with van der Waals surface area (Å²) >= 11 is 0. The molecule has 0 amide bonds. The van der Waals surface area contributed by atoms with E-state index in [1.54, 1.807) is 26.3 Å². The predicted octanol–water partition coefficient (Wildman–Crippen LogP) is 1.88. The Morgan fingerprint density at radius 3 is 1.00 bits per heavy atom. The van der Waals surface area contributed by atoms with Crippen LogP contribution in [0.1, 0.15) is 177 Å². The first kappa shape index (κ1) is 48.8. The third kappa shape index (κ3) is 10.5. The summed E-state index contributed by atoms with van der Waals surface area (Å²) in [7, 11) is -2.81. The van der Waals surface area contributed by atoms with Gasteiger partial charge in [-0.05, 0) is 68.9 Å². The zero-order chi connectivity index (χ0) is 33.9. The molecule has 0 heterocycles. The molecule has 5 heteroatoms. The molecule has 0 bridgehead atoms. The standard InChI is InChI=1S/C45H63Si.3ClH.Ti/c1-14-15-17-35-18-16-19-45(35)46(42-23-36(29(2)3)20-37(24-42)30(4)5,43-25-38(31(6)7)21-39(26-43)32(8)9)44-27-40(33(10)11)22-41(28-44)34(12)13;;;;/h16,18-34H,14-15,17H2,1-13H3;3*1H;/q-1;;;;+4/p-3. The average molecular weight is 786 g/mol. The van der Waals surface area contributed by atoms with Crippen molar-refractivity contribution in [3.63, 3.8) is 0 Å². The molecule has 0 saturated carbocycles. The van der Waals surface area contributed by atoms with E-state index in [-0.39, 0.29) is 58.9 Å². The molecular weight excluding hydrogens is 723 g/mol. The maximum atomic E-state index is 2.63. The summed E-state index contributed by atoms with van der Waals surface area (Å²) in [6.45, 7) is 30.8. The number of rotatable bonds is 13. The maximum absolute atomic E-state index is 2.81. The van der Waals surface area contributed by atoms with Crippen molar-refractivity contribution in [2.24, 2.45) is 0 Å². The molecule has 0 spiro atoms. The van der Waals surface area contributed by atoms with Crippen molar-refractivity contribution in [1.82, 2.24) is 0 Å². The largest absolute Gasteiger partial charge is 4.00 e. The van der Waals surface area contributed by atoms with Crippen LogP contribution >= 0.6 is 0 Å². The van der Waals surface area contributed by atoms with E-state index in [1.807, 2.05) is 0 Å². The van der Waals surface area contributed by atoms with Crippen molar-refractivity contribution in [3.8, 4) is 0 Å². The smallest absolute Gasteiger partial charge is 1.00 e. The first-order valence-electron chi connectivity index (χ1n) is 18.4. The van der Waals surface area contributed by atoms with Crippen LogP contribution in [-0.2, 0) is 28.1 Å². The molecule has 0 aromatic heterocycles. The Kier molecular flexibility index (Phi) is 20.4. The molecule has 0 unspecified atom stereocenters. The Hall–Kier alpha value is -1.19. The Bertz CT molecular complexity index is 1380. The van der Waals surface area contributed by atoms with E-state index >= 15 is 0 Å². The first-order valence-corrected chi connectivity index (χ1v) is 20.4. The maximum Gasteiger partial charge on any atom is 4.00 e. The second kappa shape index (κ2) is 20.9. The van der Waals surface area contributed by atoms with Crippen molar-refractivity contribution in [1.29, 1.82) is 0 Å². The van der Waals surface area contributed by atoms with Crippen molar-refractivity contribution < 1.29 is 58.9 Å². The summed E-state index contributed by atoms with van der Waals surface area (Å²) in [5.41, 5.74) is 10.3. The summed E-state index contributed by atoms with van der Waals surface area (Å²) in [5.74, 6) is 2.78. The second-order valence-corrected chi connectivity index (χ2v) is 19.7. The summed E-state index contributed by atoms with van der Waals surface area (Å²) in [4.78, 5) is 0. The summed E-state index contributed by atoms with van der Waals surface area (Å²) in [5, 5.41) is 6.26. The van der Waals surface area contributed by atoms with Crippen LogP contribution < -0.4 is 58.0 Å². The summed E-state index contributed by atoms with van der Waals surface area (Å²) in [6, 6.07) is 30.6. The fraction of sp³-hybridized carbons (Fsp3) is 0.489. The van der Waals surface area contributed by atoms with Gasteiger partial charge in [0.05, 0.1) is 0 Å². The molecule has 0 atom stereocenters. The van der Waals surface area contributed by atoms with Crippen molar-refractivity contribution in [2.45, 2.75) is 145 Å². The minimum atomic E-state index is -2.81. The van der Waals surface area contributed by atoms with Gasteiger partial charge in [-0.25, -0.2) is 12.1 Å². The van der Waals surface area contributed by atoms with E-state index in [4.69, 9.17) is 0 Å². The van der Waals surface area contributed by atoms with Crippen molar-refractivity contribution in [2.75, 3.05) is 0 Å². The molecule has 4 aromatic rings. The second-order valence-electron chi connectivity index (χ2n) is 15.9. The molecule has 4 rings (SSSR count). The number of unbranched alkanes of at least 4 members (excludes halogenated alkanes) is 1. The van der Waals surface area contributed by atoms with E-state index in [9.17, 15) is 0 Å². The Morgan fingerprint density at radius 1 is 0.480 bits per heavy atom. The zero-order valence-corrected chi connectivity index (χ0v) is 38.0. The molecule has 0 saturated heterocycles. The number of hydrogen-bond donors (Lipinski definition) is 0. The van der Waals surface area contributed by atoms with E-state index in [0.717, 1.165) is 6.42 Å². The van der Waals surface area contributed by atoms with Crippen LogP contribution in [0.15, 0.2) is 72.8 Å². The SMILES string of the molecule is CCCCc1ccc[c-]1[Si](c1cc(C(C)C)cc(C(C)C)c1)(c1cc(C(C)C)cc(C(C)C)c1)c1cc(C(C)C)cc(C(C)C)c1.[Cl-].[Cl-].[Cl-].[Ti+4]. The molecule has 4 aromatic carbocycles. The number of halogens is 3. The van der Waals surface area contributed by atoms with Gasteiger partial charge in [-0.15, -0.1) is 5.19 Å². The van der Waals surface area contributed by atoms with E-state index in [0.29, 0.717) is 35.5 Å². The monoisotopic (exact) mass is 784 g/mol. The topological polar surface area (TPSA) is 0 Å². The van der Waals surface area contributed by atoms with Crippen LogP contribution in [-0.4, -0.2) is 8.07 Å². The van der Waals surface area contributed by atoms with Crippen molar-refractivity contribution >= 4 is 28.8 Å². The van der Waals surface area contributed by atoms with Gasteiger partial charge in [0, 0.05) is 0 Å². The van der Waals surface area contributed by atoms with E-state index in [1.165, 1.54) is 46.2 Å². The van der Waals surface area contributed by atoms with Crippen LogP contribution in [0.4, 0.5) is 0 Å². The fourth-order valence-corrected chi connectivity index (χ4v) is 12.3. The molecule has 50 heavy (non-hydrogen) atoms. The quantitative estimate of drug-likeness (QED) is 0.111. The fourth-order valence-electron chi connectivity index (χ4n) is 7.05. The van der Waals surface area contributed by atoms with Gasteiger partial charge in [0.1, 0.15) is 8.07 Å². The van der Waals surface area contributed by atoms with Gasteiger partial charge >= 0.3 is 21.7 Å². The summed E-state index contributed by atoms with van der Waals surface area (Å²) in [6.07, 6.45) is 3.56. The van der Waals surface area contributed by atoms with Crippen LogP contribution in [0, 0.1) is 0 Å². The number of hydrogen-bond acceptors (Lipinski definition) is 0. The van der Waals surface area contributed by atoms with Crippen LogP contribution in [0.25, 0.3) is 0 Å². The Labute approximate surface area is 341 Å². The van der Waals surface area contributed by atoms with Crippen molar-refractivity contribution in [3.05, 3.63) is 112 Å². The average Bonchev–Trinajstić information content (AvgIpc) is 3.48. The van der Waals surface area contributed by atoms with Crippen LogP contribution in [0.3, 0.4) is 0 Å². The van der Waals surface area contributed by atoms with Gasteiger partial charge < -0.3 is 37.2 Å². The normalized spacial score (nSPS) is 11.6. The third-order valence-corrected chi connectivity index (χ3v) is 15.1. The molecule has 0 N–H and O–H groups in total.